The molecule has 1 aliphatic heterocycles. The SMILES string of the molecule is CC(Oc1ccc2c(c1)OCO2)C(=O)NCCOc1ccc2nnc(-c3ccccc3Cl)n2n1. The first kappa shape index (κ1) is 21.8. The number of nitrogens with zero attached hydrogens (tertiary/aromatic N) is 4. The zero-order valence-electron chi connectivity index (χ0n) is 18.1. The standard InChI is InChI=1S/C23H20ClN5O5/c1-14(34-15-6-7-18-19(12-15)33-13-32-18)23(30)25-10-11-31-21-9-8-20-26-27-22(29(20)28-21)16-4-2-3-5-17(16)24/h2-9,12,14H,10-11,13H2,1H3,(H,25,30). The Hall–Kier alpha value is -4.05. The third-order valence-corrected chi connectivity index (χ3v) is 5.36. The van der Waals surface area contributed by atoms with E-state index in [2.05, 4.69) is 20.6 Å². The summed E-state index contributed by atoms with van der Waals surface area (Å²) in [4.78, 5) is 12.4. The Balaban J connectivity index is 1.15. The Labute approximate surface area is 199 Å². The van der Waals surface area contributed by atoms with Crippen molar-refractivity contribution in [3.05, 3.63) is 59.6 Å². The summed E-state index contributed by atoms with van der Waals surface area (Å²) in [7, 11) is 0. The number of hydrogen-bond donors (Lipinski definition) is 1. The number of carbonyl (C=O) groups excluding carboxylic acids is 1. The van der Waals surface area contributed by atoms with Crippen LogP contribution in [0.4, 0.5) is 0 Å². The van der Waals surface area contributed by atoms with Crippen LogP contribution in [0, 0.1) is 0 Å². The molecule has 0 saturated carbocycles. The lowest BCUT2D eigenvalue weighted by Gasteiger charge is -2.15. The number of aromatic nitrogens is 4. The van der Waals surface area contributed by atoms with Crippen molar-refractivity contribution in [2.24, 2.45) is 0 Å². The van der Waals surface area contributed by atoms with Gasteiger partial charge in [-0.05, 0) is 37.3 Å². The van der Waals surface area contributed by atoms with E-state index in [0.717, 1.165) is 0 Å². The Morgan fingerprint density at radius 1 is 1.15 bits per heavy atom. The molecule has 2 aromatic carbocycles. The minimum absolute atomic E-state index is 0.176. The number of amides is 1. The first-order valence-electron chi connectivity index (χ1n) is 10.5. The van der Waals surface area contributed by atoms with Gasteiger partial charge in [-0.15, -0.1) is 15.3 Å². The zero-order chi connectivity index (χ0) is 23.5. The molecule has 0 fully saturated rings. The van der Waals surface area contributed by atoms with Crippen LogP contribution in [0.1, 0.15) is 6.92 Å². The summed E-state index contributed by atoms with van der Waals surface area (Å²) in [5.74, 6) is 2.36. The van der Waals surface area contributed by atoms with Crippen molar-refractivity contribution in [3.8, 4) is 34.5 Å². The third-order valence-electron chi connectivity index (χ3n) is 5.03. The molecule has 5 rings (SSSR count). The molecule has 11 heteroatoms. The van der Waals surface area contributed by atoms with E-state index >= 15 is 0 Å². The van der Waals surface area contributed by atoms with Crippen LogP contribution in [0.25, 0.3) is 17.0 Å². The summed E-state index contributed by atoms with van der Waals surface area (Å²) in [5.41, 5.74) is 1.27. The van der Waals surface area contributed by atoms with Crippen LogP contribution in [0.3, 0.4) is 0 Å². The molecule has 1 atom stereocenters. The number of halogens is 1. The smallest absolute Gasteiger partial charge is 0.260 e. The highest BCUT2D eigenvalue weighted by atomic mass is 35.5. The van der Waals surface area contributed by atoms with Gasteiger partial charge >= 0.3 is 0 Å². The Morgan fingerprint density at radius 2 is 2.00 bits per heavy atom. The molecule has 1 aliphatic rings. The highest BCUT2D eigenvalue weighted by molar-refractivity contribution is 6.33. The number of rotatable bonds is 8. The molecule has 34 heavy (non-hydrogen) atoms. The van der Waals surface area contributed by atoms with E-state index in [-0.39, 0.29) is 25.9 Å². The summed E-state index contributed by atoms with van der Waals surface area (Å²) < 4.78 is 23.5. The van der Waals surface area contributed by atoms with Crippen molar-refractivity contribution < 1.29 is 23.7 Å². The number of fused-ring (bicyclic) bond motifs is 2. The van der Waals surface area contributed by atoms with Gasteiger partial charge in [-0.1, -0.05) is 23.7 Å². The van der Waals surface area contributed by atoms with Crippen LogP contribution in [0.2, 0.25) is 5.02 Å². The molecule has 2 aromatic heterocycles. The largest absolute Gasteiger partial charge is 0.481 e. The highest BCUT2D eigenvalue weighted by Gasteiger charge is 2.18. The van der Waals surface area contributed by atoms with Crippen LogP contribution in [0.15, 0.2) is 54.6 Å². The molecule has 0 bridgehead atoms. The fraction of sp³-hybridized carbons (Fsp3) is 0.217. The first-order valence-corrected chi connectivity index (χ1v) is 10.9. The predicted octanol–water partition coefficient (Wildman–Crippen LogP) is 3.14. The average Bonchev–Trinajstić information content (AvgIpc) is 3.48. The second-order valence-electron chi connectivity index (χ2n) is 7.36. The van der Waals surface area contributed by atoms with Gasteiger partial charge in [0.05, 0.1) is 11.6 Å². The van der Waals surface area contributed by atoms with Gasteiger partial charge < -0.3 is 24.3 Å². The second kappa shape index (κ2) is 9.44. The van der Waals surface area contributed by atoms with E-state index in [4.69, 9.17) is 30.5 Å². The predicted molar refractivity (Wildman–Crippen MR) is 122 cm³/mol. The van der Waals surface area contributed by atoms with E-state index in [1.807, 2.05) is 18.2 Å². The minimum Gasteiger partial charge on any atom is -0.481 e. The molecule has 1 unspecified atom stereocenters. The number of hydrogen-bond acceptors (Lipinski definition) is 8. The van der Waals surface area contributed by atoms with Gasteiger partial charge in [-0.3, -0.25) is 4.79 Å². The summed E-state index contributed by atoms with van der Waals surface area (Å²) in [6, 6.07) is 15.9. The first-order chi connectivity index (χ1) is 16.6. The number of ether oxygens (including phenoxy) is 4. The van der Waals surface area contributed by atoms with Crippen molar-refractivity contribution in [2.75, 3.05) is 19.9 Å². The maximum Gasteiger partial charge on any atom is 0.260 e. The number of nitrogens with one attached hydrogen (secondary N) is 1. The van der Waals surface area contributed by atoms with Crippen molar-refractivity contribution in [3.63, 3.8) is 0 Å². The quantitative estimate of drug-likeness (QED) is 0.382. The van der Waals surface area contributed by atoms with E-state index in [0.29, 0.717) is 45.2 Å². The molecule has 3 heterocycles. The Kier molecular flexibility index (Phi) is 6.05. The number of carbonyl (C=O) groups is 1. The molecule has 1 N–H and O–H groups in total. The summed E-state index contributed by atoms with van der Waals surface area (Å²) in [6.07, 6.45) is -0.704. The summed E-state index contributed by atoms with van der Waals surface area (Å²) in [6.45, 7) is 2.32. The van der Waals surface area contributed by atoms with E-state index < -0.39 is 6.10 Å². The molecule has 10 nitrogen and oxygen atoms in total. The molecule has 4 aromatic rings. The number of benzene rings is 2. The van der Waals surface area contributed by atoms with Crippen LogP contribution in [-0.2, 0) is 4.79 Å². The van der Waals surface area contributed by atoms with Gasteiger partial charge in [0, 0.05) is 17.7 Å². The third kappa shape index (κ3) is 4.53. The molecule has 0 saturated heterocycles. The lowest BCUT2D eigenvalue weighted by atomic mass is 10.2. The van der Waals surface area contributed by atoms with Gasteiger partial charge in [-0.25, -0.2) is 0 Å². The molecule has 0 spiro atoms. The Bertz CT molecular complexity index is 1340. The normalized spacial score (nSPS) is 13.0. The minimum atomic E-state index is -0.704. The molecule has 174 valence electrons. The van der Waals surface area contributed by atoms with Crippen molar-refractivity contribution in [1.82, 2.24) is 25.1 Å². The molecule has 0 aliphatic carbocycles. The van der Waals surface area contributed by atoms with E-state index in [1.54, 1.807) is 47.8 Å². The van der Waals surface area contributed by atoms with Crippen molar-refractivity contribution >= 4 is 23.2 Å². The van der Waals surface area contributed by atoms with Crippen LogP contribution in [-0.4, -0.2) is 51.8 Å². The van der Waals surface area contributed by atoms with E-state index in [1.165, 1.54) is 0 Å². The fourth-order valence-corrected chi connectivity index (χ4v) is 3.56. The zero-order valence-corrected chi connectivity index (χ0v) is 18.9. The lowest BCUT2D eigenvalue weighted by molar-refractivity contribution is -0.127. The molecular weight excluding hydrogens is 462 g/mol. The Morgan fingerprint density at radius 3 is 2.88 bits per heavy atom. The van der Waals surface area contributed by atoms with Gasteiger partial charge in [0.15, 0.2) is 29.1 Å². The average molecular weight is 482 g/mol. The van der Waals surface area contributed by atoms with Crippen LogP contribution >= 0.6 is 11.6 Å². The van der Waals surface area contributed by atoms with Gasteiger partial charge in [0.25, 0.3) is 5.91 Å². The fourth-order valence-electron chi connectivity index (χ4n) is 3.34. The summed E-state index contributed by atoms with van der Waals surface area (Å²) >= 11 is 6.29. The summed E-state index contributed by atoms with van der Waals surface area (Å²) in [5, 5.41) is 16.1. The lowest BCUT2D eigenvalue weighted by Crippen LogP contribution is -2.38. The molecule has 1 amide bonds. The maximum atomic E-state index is 12.4. The molecule has 0 radical (unpaired) electrons. The topological polar surface area (TPSA) is 109 Å². The highest BCUT2D eigenvalue weighted by Crippen LogP contribution is 2.35. The van der Waals surface area contributed by atoms with Crippen LogP contribution in [0.5, 0.6) is 23.1 Å². The second-order valence-corrected chi connectivity index (χ2v) is 7.77. The van der Waals surface area contributed by atoms with Gasteiger partial charge in [0.1, 0.15) is 12.4 Å². The van der Waals surface area contributed by atoms with E-state index in [9.17, 15) is 4.79 Å². The molecular formula is C23H20ClN5O5. The van der Waals surface area contributed by atoms with Crippen LogP contribution < -0.4 is 24.3 Å². The monoisotopic (exact) mass is 481 g/mol. The maximum absolute atomic E-state index is 12.4. The van der Waals surface area contributed by atoms with Crippen molar-refractivity contribution in [2.45, 2.75) is 13.0 Å². The van der Waals surface area contributed by atoms with Gasteiger partial charge in [-0.2, -0.15) is 4.52 Å². The van der Waals surface area contributed by atoms with Gasteiger partial charge in [0.2, 0.25) is 12.7 Å². The van der Waals surface area contributed by atoms with Crippen molar-refractivity contribution in [1.29, 1.82) is 0 Å².